The first-order valence-electron chi connectivity index (χ1n) is 10.1. The number of aliphatic hydroxyl groups excluding tert-OH is 2. The normalized spacial score (nSPS) is 51.3. The summed E-state index contributed by atoms with van der Waals surface area (Å²) in [6, 6.07) is 0. The van der Waals surface area contributed by atoms with Gasteiger partial charge in [-0.05, 0) is 55.6 Å². The third-order valence-electron chi connectivity index (χ3n) is 8.57. The molecule has 0 aromatic heterocycles. The Balaban J connectivity index is 1.78. The maximum atomic E-state index is 12.4. The molecule has 3 N–H and O–H groups in total. The van der Waals surface area contributed by atoms with Crippen molar-refractivity contribution in [2.45, 2.75) is 58.2 Å². The van der Waals surface area contributed by atoms with Gasteiger partial charge in [0.15, 0.2) is 11.6 Å². The summed E-state index contributed by atoms with van der Waals surface area (Å²) in [5.41, 5.74) is -1.59. The standard InChI is InChI=1S/C22H30O5/c1-12-8-14-15-5-7-22(27,18(26)11-23)21(15,3)10-17(25)19(14)20(2)6-4-13(24)9-16(12)20/h4,6,9,12,14-15,17,19,23,25,27H,5,7-8,10-11H2,1-3H3/t12-,14-,15-,17+,19+,20-,21-,22-/m0/s1. The van der Waals surface area contributed by atoms with Crippen LogP contribution >= 0.6 is 0 Å². The van der Waals surface area contributed by atoms with E-state index in [1.165, 1.54) is 0 Å². The van der Waals surface area contributed by atoms with Crippen LogP contribution in [-0.4, -0.2) is 45.2 Å². The quantitative estimate of drug-likeness (QED) is 0.685. The van der Waals surface area contributed by atoms with Crippen molar-refractivity contribution in [3.63, 3.8) is 0 Å². The largest absolute Gasteiger partial charge is 0.393 e. The molecule has 0 aromatic carbocycles. The average Bonchev–Trinajstić information content (AvgIpc) is 2.87. The molecule has 5 nitrogen and oxygen atoms in total. The number of aliphatic hydroxyl groups is 3. The van der Waals surface area contributed by atoms with Gasteiger partial charge in [-0.15, -0.1) is 0 Å². The van der Waals surface area contributed by atoms with Crippen molar-refractivity contribution < 1.29 is 24.9 Å². The Morgan fingerprint density at radius 1 is 1.33 bits per heavy atom. The lowest BCUT2D eigenvalue weighted by Crippen LogP contribution is -2.62. The molecule has 0 bridgehead atoms. The molecule has 0 spiro atoms. The minimum absolute atomic E-state index is 0.00620. The first kappa shape index (κ1) is 19.0. The van der Waals surface area contributed by atoms with Gasteiger partial charge in [-0.2, -0.15) is 0 Å². The highest BCUT2D eigenvalue weighted by atomic mass is 16.3. The third kappa shape index (κ3) is 2.28. The van der Waals surface area contributed by atoms with Gasteiger partial charge in [0, 0.05) is 16.7 Å². The van der Waals surface area contributed by atoms with E-state index in [1.54, 1.807) is 12.2 Å². The van der Waals surface area contributed by atoms with Crippen molar-refractivity contribution in [2.75, 3.05) is 6.61 Å². The number of carbonyl (C=O) groups excluding carboxylic acids is 2. The van der Waals surface area contributed by atoms with Gasteiger partial charge in [0.1, 0.15) is 12.2 Å². The Hall–Kier alpha value is -1.30. The van der Waals surface area contributed by atoms with Crippen LogP contribution in [0.15, 0.2) is 23.8 Å². The van der Waals surface area contributed by atoms with Crippen LogP contribution in [0.25, 0.3) is 0 Å². The van der Waals surface area contributed by atoms with Crippen LogP contribution in [0.1, 0.15) is 46.5 Å². The summed E-state index contributed by atoms with van der Waals surface area (Å²) < 4.78 is 0. The van der Waals surface area contributed by atoms with Crippen LogP contribution in [0.4, 0.5) is 0 Å². The van der Waals surface area contributed by atoms with Crippen LogP contribution in [0.3, 0.4) is 0 Å². The second kappa shape index (κ2) is 5.85. The van der Waals surface area contributed by atoms with Gasteiger partial charge >= 0.3 is 0 Å². The van der Waals surface area contributed by atoms with Gasteiger partial charge in [-0.3, -0.25) is 9.59 Å². The molecule has 0 aliphatic heterocycles. The molecule has 27 heavy (non-hydrogen) atoms. The topological polar surface area (TPSA) is 94.8 Å². The summed E-state index contributed by atoms with van der Waals surface area (Å²) in [5.74, 6) is -0.0768. The number of rotatable bonds is 2. The molecule has 0 radical (unpaired) electrons. The third-order valence-corrected chi connectivity index (χ3v) is 8.57. The molecule has 0 saturated heterocycles. The summed E-state index contributed by atoms with van der Waals surface area (Å²) in [5, 5.41) is 31.9. The Bertz CT molecular complexity index is 754. The SMILES string of the molecule is C[C@H]1C[C@@H]2[C@H]([C@H](O)C[C@@]3(C)[C@H]2CC[C@]3(O)C(=O)CO)[C@@]2(C)C=CC(=O)C=C12. The first-order chi connectivity index (χ1) is 12.6. The lowest BCUT2D eigenvalue weighted by Gasteiger charge is -2.60. The number of fused-ring (bicyclic) bond motifs is 5. The number of ketones is 2. The molecular formula is C22H30O5. The summed E-state index contributed by atoms with van der Waals surface area (Å²) in [7, 11) is 0. The molecule has 4 aliphatic carbocycles. The molecule has 4 rings (SSSR count). The fraction of sp³-hybridized carbons (Fsp3) is 0.727. The number of Topliss-reactive ketones (excluding diaryl/α,β-unsaturated/α-hetero) is 1. The minimum atomic E-state index is -1.57. The van der Waals surface area contributed by atoms with Crippen molar-refractivity contribution >= 4 is 11.6 Å². The minimum Gasteiger partial charge on any atom is -0.393 e. The molecule has 4 aliphatic rings. The highest BCUT2D eigenvalue weighted by Crippen LogP contribution is 2.67. The molecule has 0 aromatic rings. The maximum absolute atomic E-state index is 12.4. The first-order valence-corrected chi connectivity index (χ1v) is 10.1. The zero-order valence-electron chi connectivity index (χ0n) is 16.3. The van der Waals surface area contributed by atoms with Gasteiger partial charge in [-0.25, -0.2) is 0 Å². The number of hydrogen-bond acceptors (Lipinski definition) is 5. The average molecular weight is 374 g/mol. The van der Waals surface area contributed by atoms with Crippen molar-refractivity contribution in [1.29, 1.82) is 0 Å². The van der Waals surface area contributed by atoms with E-state index in [0.29, 0.717) is 12.8 Å². The summed E-state index contributed by atoms with van der Waals surface area (Å²) >= 11 is 0. The predicted molar refractivity (Wildman–Crippen MR) is 99.6 cm³/mol. The highest BCUT2D eigenvalue weighted by Gasteiger charge is 2.68. The molecule has 5 heteroatoms. The van der Waals surface area contributed by atoms with Gasteiger partial charge in [-0.1, -0.05) is 32.4 Å². The fourth-order valence-corrected chi connectivity index (χ4v) is 7.34. The molecule has 3 fully saturated rings. The Morgan fingerprint density at radius 2 is 2.04 bits per heavy atom. The zero-order valence-corrected chi connectivity index (χ0v) is 16.3. The highest BCUT2D eigenvalue weighted by molar-refractivity contribution is 6.01. The molecule has 148 valence electrons. The van der Waals surface area contributed by atoms with Gasteiger partial charge < -0.3 is 15.3 Å². The summed E-state index contributed by atoms with van der Waals surface area (Å²) in [6.45, 7) is 5.48. The monoisotopic (exact) mass is 374 g/mol. The molecule has 3 saturated carbocycles. The molecule has 0 unspecified atom stereocenters. The lowest BCUT2D eigenvalue weighted by atomic mass is 9.45. The van der Waals surface area contributed by atoms with E-state index in [1.807, 2.05) is 13.0 Å². The van der Waals surface area contributed by atoms with Gasteiger partial charge in [0.2, 0.25) is 0 Å². The van der Waals surface area contributed by atoms with E-state index in [-0.39, 0.29) is 34.9 Å². The smallest absolute Gasteiger partial charge is 0.190 e. The van der Waals surface area contributed by atoms with E-state index >= 15 is 0 Å². The second-order valence-electron chi connectivity index (χ2n) is 9.72. The number of hydrogen-bond donors (Lipinski definition) is 3. The van der Waals surface area contributed by atoms with Crippen molar-refractivity contribution in [3.05, 3.63) is 23.8 Å². The van der Waals surface area contributed by atoms with E-state index in [0.717, 1.165) is 18.4 Å². The lowest BCUT2D eigenvalue weighted by molar-refractivity contribution is -0.180. The second-order valence-corrected chi connectivity index (χ2v) is 9.72. The number of carbonyl (C=O) groups is 2. The van der Waals surface area contributed by atoms with E-state index in [9.17, 15) is 24.9 Å². The maximum Gasteiger partial charge on any atom is 0.190 e. The van der Waals surface area contributed by atoms with Crippen LogP contribution in [0, 0.1) is 34.5 Å². The van der Waals surface area contributed by atoms with Gasteiger partial charge in [0.25, 0.3) is 0 Å². The fourth-order valence-electron chi connectivity index (χ4n) is 7.34. The van der Waals surface area contributed by atoms with Crippen LogP contribution < -0.4 is 0 Å². The van der Waals surface area contributed by atoms with Crippen LogP contribution in [-0.2, 0) is 9.59 Å². The van der Waals surface area contributed by atoms with E-state index in [4.69, 9.17) is 0 Å². The predicted octanol–water partition coefficient (Wildman–Crippen LogP) is 1.80. The summed E-state index contributed by atoms with van der Waals surface area (Å²) in [6.07, 6.45) is 6.87. The van der Waals surface area contributed by atoms with Crippen LogP contribution in [0.5, 0.6) is 0 Å². The Kier molecular flexibility index (Phi) is 4.12. The molecule has 0 heterocycles. The van der Waals surface area contributed by atoms with E-state index < -0.39 is 29.5 Å². The van der Waals surface area contributed by atoms with Crippen molar-refractivity contribution in [3.8, 4) is 0 Å². The Morgan fingerprint density at radius 3 is 2.70 bits per heavy atom. The molecule has 8 atom stereocenters. The molecular weight excluding hydrogens is 344 g/mol. The summed E-state index contributed by atoms with van der Waals surface area (Å²) in [4.78, 5) is 24.4. The zero-order chi connectivity index (χ0) is 19.8. The van der Waals surface area contributed by atoms with Crippen molar-refractivity contribution in [1.82, 2.24) is 0 Å². The van der Waals surface area contributed by atoms with Crippen LogP contribution in [0.2, 0.25) is 0 Å². The Labute approximate surface area is 160 Å². The number of allylic oxidation sites excluding steroid dienone is 4. The molecule has 0 amide bonds. The van der Waals surface area contributed by atoms with E-state index in [2.05, 4.69) is 13.8 Å². The van der Waals surface area contributed by atoms with Gasteiger partial charge in [0.05, 0.1) is 6.10 Å². The van der Waals surface area contributed by atoms with Crippen molar-refractivity contribution in [2.24, 2.45) is 34.5 Å².